The van der Waals surface area contributed by atoms with Gasteiger partial charge in [-0.05, 0) is 55.7 Å². The maximum absolute atomic E-state index is 13.8. The number of benzene rings is 2. The molecule has 9 nitrogen and oxygen atoms in total. The summed E-state index contributed by atoms with van der Waals surface area (Å²) in [4.78, 5) is 31.9. The van der Waals surface area contributed by atoms with Crippen molar-refractivity contribution in [2.75, 3.05) is 6.79 Å². The summed E-state index contributed by atoms with van der Waals surface area (Å²) < 4.78 is 14.2. The number of carbonyl (C=O) groups is 1. The fourth-order valence-corrected chi connectivity index (χ4v) is 5.79. The molecular weight excluding hydrogens is 514 g/mol. The molecule has 6 rings (SSSR count). The molecular formula is C29H27N5O4S. The largest absolute Gasteiger partial charge is 0.454 e. The SMILES string of the molecule is CCc1ccccc1-n1nc(-c2c(C)nc3scc(CC(=O)NCc4ccc5c(c4)OCO5)n3c2=O)cc1C. The lowest BCUT2D eigenvalue weighted by Gasteiger charge is -2.09. The third kappa shape index (κ3) is 4.57. The molecule has 39 heavy (non-hydrogen) atoms. The molecule has 2 aromatic carbocycles. The number of para-hydroxylation sites is 1. The Morgan fingerprint density at radius 3 is 2.77 bits per heavy atom. The highest BCUT2D eigenvalue weighted by Gasteiger charge is 2.21. The van der Waals surface area contributed by atoms with Crippen molar-refractivity contribution in [2.24, 2.45) is 0 Å². The van der Waals surface area contributed by atoms with Gasteiger partial charge in [-0.25, -0.2) is 9.67 Å². The minimum absolute atomic E-state index is 0.0476. The highest BCUT2D eigenvalue weighted by atomic mass is 32.1. The van der Waals surface area contributed by atoms with Crippen molar-refractivity contribution in [1.82, 2.24) is 24.5 Å². The first-order valence-electron chi connectivity index (χ1n) is 12.7. The molecule has 0 bridgehead atoms. The first kappa shape index (κ1) is 24.9. The molecule has 0 aliphatic carbocycles. The van der Waals surface area contributed by atoms with Gasteiger partial charge in [0.15, 0.2) is 16.5 Å². The molecule has 198 valence electrons. The molecule has 10 heteroatoms. The Balaban J connectivity index is 1.28. The van der Waals surface area contributed by atoms with Crippen molar-refractivity contribution < 1.29 is 14.3 Å². The topological polar surface area (TPSA) is 99.8 Å². The predicted octanol–water partition coefficient (Wildman–Crippen LogP) is 4.38. The van der Waals surface area contributed by atoms with Crippen LogP contribution in [0, 0.1) is 13.8 Å². The van der Waals surface area contributed by atoms with Gasteiger partial charge in [0.2, 0.25) is 12.7 Å². The van der Waals surface area contributed by atoms with Gasteiger partial charge in [0.1, 0.15) is 5.69 Å². The summed E-state index contributed by atoms with van der Waals surface area (Å²) in [7, 11) is 0. The second kappa shape index (κ2) is 10.0. The maximum atomic E-state index is 13.8. The van der Waals surface area contributed by atoms with E-state index in [4.69, 9.17) is 14.6 Å². The third-order valence-electron chi connectivity index (χ3n) is 6.83. The number of aromatic nitrogens is 4. The van der Waals surface area contributed by atoms with Crippen LogP contribution in [0.25, 0.3) is 21.9 Å². The average molecular weight is 542 g/mol. The van der Waals surface area contributed by atoms with Crippen LogP contribution in [0.5, 0.6) is 11.5 Å². The van der Waals surface area contributed by atoms with Crippen LogP contribution in [-0.4, -0.2) is 31.9 Å². The monoisotopic (exact) mass is 541 g/mol. The van der Waals surface area contributed by atoms with Crippen LogP contribution in [-0.2, 0) is 24.2 Å². The van der Waals surface area contributed by atoms with Gasteiger partial charge in [0, 0.05) is 23.3 Å². The van der Waals surface area contributed by atoms with E-state index in [-0.39, 0.29) is 24.7 Å². The number of thiazole rings is 1. The Hall–Kier alpha value is -4.44. The van der Waals surface area contributed by atoms with Gasteiger partial charge in [0.25, 0.3) is 5.56 Å². The number of nitrogens with one attached hydrogen (secondary N) is 1. The van der Waals surface area contributed by atoms with Gasteiger partial charge >= 0.3 is 0 Å². The molecule has 0 atom stereocenters. The first-order valence-corrected chi connectivity index (χ1v) is 13.6. The fourth-order valence-electron chi connectivity index (χ4n) is 4.86. The summed E-state index contributed by atoms with van der Waals surface area (Å²) in [5, 5.41) is 9.56. The van der Waals surface area contributed by atoms with E-state index in [2.05, 4.69) is 23.3 Å². The zero-order valence-electron chi connectivity index (χ0n) is 21.9. The Morgan fingerprint density at radius 2 is 1.92 bits per heavy atom. The van der Waals surface area contributed by atoms with Crippen LogP contribution in [0.1, 0.15) is 35.1 Å². The van der Waals surface area contributed by atoms with Crippen molar-refractivity contribution in [3.05, 3.63) is 92.5 Å². The fraction of sp³-hybridized carbons (Fsp3) is 0.241. The standard InChI is InChI=1S/C29H27N5O4S/c1-4-20-7-5-6-8-23(20)34-17(2)11-22(32-34)27-18(3)31-29-33(28(27)36)21(15-39-29)13-26(35)30-14-19-9-10-24-25(12-19)38-16-37-24/h5-12,15H,4,13-14,16H2,1-3H3,(H,30,35). The second-order valence-electron chi connectivity index (χ2n) is 9.43. The van der Waals surface area contributed by atoms with E-state index in [1.165, 1.54) is 21.3 Å². The van der Waals surface area contributed by atoms with Gasteiger partial charge in [-0.1, -0.05) is 31.2 Å². The average Bonchev–Trinajstić information content (AvgIpc) is 3.66. The van der Waals surface area contributed by atoms with E-state index in [0.717, 1.165) is 23.4 Å². The number of ether oxygens (including phenoxy) is 2. The van der Waals surface area contributed by atoms with Gasteiger partial charge < -0.3 is 14.8 Å². The third-order valence-corrected chi connectivity index (χ3v) is 7.71. The molecule has 0 saturated carbocycles. The van der Waals surface area contributed by atoms with Crippen molar-refractivity contribution in [1.29, 1.82) is 0 Å². The molecule has 0 radical (unpaired) electrons. The molecule has 5 aromatic rings. The predicted molar refractivity (Wildman–Crippen MR) is 149 cm³/mol. The number of rotatable bonds is 7. The number of carbonyl (C=O) groups excluding carboxylic acids is 1. The van der Waals surface area contributed by atoms with Crippen LogP contribution in [0.3, 0.4) is 0 Å². The number of hydrogen-bond acceptors (Lipinski definition) is 7. The van der Waals surface area contributed by atoms with Crippen molar-refractivity contribution >= 4 is 22.2 Å². The van der Waals surface area contributed by atoms with Gasteiger partial charge in [-0.15, -0.1) is 11.3 Å². The van der Waals surface area contributed by atoms with E-state index in [1.807, 2.05) is 66.4 Å². The van der Waals surface area contributed by atoms with Crippen molar-refractivity contribution in [3.63, 3.8) is 0 Å². The van der Waals surface area contributed by atoms with Crippen molar-refractivity contribution in [3.8, 4) is 28.4 Å². The van der Waals surface area contributed by atoms with E-state index in [9.17, 15) is 9.59 Å². The quantitative estimate of drug-likeness (QED) is 0.328. The summed E-state index contributed by atoms with van der Waals surface area (Å²) in [6.45, 7) is 6.44. The van der Waals surface area contributed by atoms with Crippen LogP contribution in [0.15, 0.2) is 58.7 Å². The Bertz CT molecular complexity index is 1780. The zero-order chi connectivity index (χ0) is 27.1. The number of aryl methyl sites for hydroxylation is 3. The Kier molecular flexibility index (Phi) is 6.40. The van der Waals surface area contributed by atoms with Gasteiger partial charge in [0.05, 0.1) is 23.4 Å². The summed E-state index contributed by atoms with van der Waals surface area (Å²) in [6, 6.07) is 15.6. The van der Waals surface area contributed by atoms with Gasteiger partial charge in [-0.2, -0.15) is 5.10 Å². The lowest BCUT2D eigenvalue weighted by atomic mass is 10.1. The molecule has 1 amide bonds. The van der Waals surface area contributed by atoms with Crippen molar-refractivity contribution in [2.45, 2.75) is 40.2 Å². The molecule has 4 heterocycles. The van der Waals surface area contributed by atoms with E-state index < -0.39 is 0 Å². The molecule has 3 aromatic heterocycles. The Labute approximate surface area is 228 Å². The second-order valence-corrected chi connectivity index (χ2v) is 10.3. The zero-order valence-corrected chi connectivity index (χ0v) is 22.7. The molecule has 0 spiro atoms. The molecule has 0 unspecified atom stereocenters. The number of fused-ring (bicyclic) bond motifs is 2. The first-order chi connectivity index (χ1) is 18.9. The Morgan fingerprint density at radius 1 is 1.10 bits per heavy atom. The smallest absolute Gasteiger partial charge is 0.268 e. The van der Waals surface area contributed by atoms with E-state index in [1.54, 1.807) is 0 Å². The van der Waals surface area contributed by atoms with Crippen LogP contribution in [0.2, 0.25) is 0 Å². The minimum Gasteiger partial charge on any atom is -0.454 e. The molecule has 1 aliphatic heterocycles. The number of nitrogens with zero attached hydrogens (tertiary/aromatic N) is 4. The summed E-state index contributed by atoms with van der Waals surface area (Å²) in [5.41, 5.74) is 5.94. The lowest BCUT2D eigenvalue weighted by molar-refractivity contribution is -0.120. The summed E-state index contributed by atoms with van der Waals surface area (Å²) in [6.07, 6.45) is 0.918. The molecule has 1 N–H and O–H groups in total. The van der Waals surface area contributed by atoms with Gasteiger partial charge in [-0.3, -0.25) is 14.0 Å². The minimum atomic E-state index is -0.231. The molecule has 1 aliphatic rings. The highest BCUT2D eigenvalue weighted by Crippen LogP contribution is 2.32. The molecule has 0 fully saturated rings. The van der Waals surface area contributed by atoms with Crippen LogP contribution >= 0.6 is 11.3 Å². The number of amides is 1. The number of hydrogen-bond donors (Lipinski definition) is 1. The molecule has 0 saturated heterocycles. The summed E-state index contributed by atoms with van der Waals surface area (Å²) in [5.74, 6) is 1.17. The summed E-state index contributed by atoms with van der Waals surface area (Å²) >= 11 is 1.34. The van der Waals surface area contributed by atoms with Crippen LogP contribution < -0.4 is 20.3 Å². The van der Waals surface area contributed by atoms with Crippen LogP contribution in [0.4, 0.5) is 0 Å². The normalized spacial score (nSPS) is 12.3. The lowest BCUT2D eigenvalue weighted by Crippen LogP contribution is -2.27. The van der Waals surface area contributed by atoms with E-state index >= 15 is 0 Å². The highest BCUT2D eigenvalue weighted by molar-refractivity contribution is 7.15. The van der Waals surface area contributed by atoms with E-state index in [0.29, 0.717) is 45.6 Å². The maximum Gasteiger partial charge on any atom is 0.268 e.